The number of oxazole rings is 1. The molecule has 0 fully saturated rings. The van der Waals surface area contributed by atoms with Gasteiger partial charge in [0.2, 0.25) is 5.89 Å². The maximum absolute atomic E-state index is 6.53. The summed E-state index contributed by atoms with van der Waals surface area (Å²) < 4.78 is 12.9. The normalized spacial score (nSPS) is 11.4. The van der Waals surface area contributed by atoms with Gasteiger partial charge in [-0.15, -0.1) is 0 Å². The summed E-state index contributed by atoms with van der Waals surface area (Å²) in [5, 5.41) is 2.06. The van der Waals surface area contributed by atoms with E-state index in [0.717, 1.165) is 66.8 Å². The topological polar surface area (TPSA) is 42.4 Å². The number of anilines is 3. The SMILES string of the molecule is c1ccc(-c2ccc(N(c3ccccc3)c3ccc(-c4c5nc(-c6ccccc6)oc5cc5c4oc4ccccc45)cc3)cc2)cc1. The fourth-order valence-electron chi connectivity index (χ4n) is 6.45. The van der Waals surface area contributed by atoms with Crippen molar-refractivity contribution >= 4 is 50.1 Å². The van der Waals surface area contributed by atoms with Crippen molar-refractivity contribution in [1.29, 1.82) is 0 Å². The summed E-state index contributed by atoms with van der Waals surface area (Å²) >= 11 is 0. The lowest BCUT2D eigenvalue weighted by molar-refractivity contribution is 0.620. The molecule has 7 aromatic carbocycles. The van der Waals surface area contributed by atoms with E-state index >= 15 is 0 Å². The Morgan fingerprint density at radius 1 is 0.404 bits per heavy atom. The zero-order chi connectivity index (χ0) is 31.2. The Labute approximate surface area is 271 Å². The van der Waals surface area contributed by atoms with Gasteiger partial charge >= 0.3 is 0 Å². The van der Waals surface area contributed by atoms with E-state index in [4.69, 9.17) is 13.8 Å². The molecule has 0 aliphatic carbocycles. The van der Waals surface area contributed by atoms with Crippen molar-refractivity contribution in [3.8, 4) is 33.7 Å². The van der Waals surface area contributed by atoms with Crippen LogP contribution in [0, 0.1) is 0 Å². The fourth-order valence-corrected chi connectivity index (χ4v) is 6.45. The van der Waals surface area contributed by atoms with Gasteiger partial charge in [-0.1, -0.05) is 109 Å². The highest BCUT2D eigenvalue weighted by atomic mass is 16.4. The molecule has 4 heteroatoms. The van der Waals surface area contributed by atoms with Crippen molar-refractivity contribution in [2.75, 3.05) is 4.90 Å². The molecule has 0 unspecified atom stereocenters. The average molecular weight is 605 g/mol. The minimum absolute atomic E-state index is 0.588. The molecule has 9 rings (SSSR count). The van der Waals surface area contributed by atoms with Gasteiger partial charge in [0.1, 0.15) is 16.7 Å². The van der Waals surface area contributed by atoms with Crippen LogP contribution in [0.25, 0.3) is 66.7 Å². The van der Waals surface area contributed by atoms with E-state index < -0.39 is 0 Å². The highest BCUT2D eigenvalue weighted by Gasteiger charge is 2.22. The molecule has 2 heterocycles. The second-order valence-corrected chi connectivity index (χ2v) is 11.6. The molecule has 0 bridgehead atoms. The molecular formula is C43H28N2O2. The van der Waals surface area contributed by atoms with Crippen molar-refractivity contribution in [2.24, 2.45) is 0 Å². The molecule has 47 heavy (non-hydrogen) atoms. The lowest BCUT2D eigenvalue weighted by atomic mass is 10.00. The predicted octanol–water partition coefficient (Wildman–Crippen LogP) is 12.2. The molecule has 0 amide bonds. The van der Waals surface area contributed by atoms with Gasteiger partial charge in [-0.25, -0.2) is 4.98 Å². The second kappa shape index (κ2) is 11.2. The quantitative estimate of drug-likeness (QED) is 0.189. The Balaban J connectivity index is 1.19. The maximum Gasteiger partial charge on any atom is 0.227 e. The van der Waals surface area contributed by atoms with Crippen LogP contribution < -0.4 is 4.90 Å². The van der Waals surface area contributed by atoms with Crippen molar-refractivity contribution in [3.05, 3.63) is 170 Å². The number of hydrogen-bond donors (Lipinski definition) is 0. The smallest absolute Gasteiger partial charge is 0.227 e. The van der Waals surface area contributed by atoms with Crippen LogP contribution in [0.3, 0.4) is 0 Å². The maximum atomic E-state index is 6.53. The zero-order valence-electron chi connectivity index (χ0n) is 25.4. The molecular weight excluding hydrogens is 576 g/mol. The average Bonchev–Trinajstić information content (AvgIpc) is 3.74. The number of aromatic nitrogens is 1. The second-order valence-electron chi connectivity index (χ2n) is 11.6. The largest absolute Gasteiger partial charge is 0.455 e. The summed E-state index contributed by atoms with van der Waals surface area (Å²) in [6.45, 7) is 0. The van der Waals surface area contributed by atoms with Crippen LogP contribution in [0.2, 0.25) is 0 Å². The van der Waals surface area contributed by atoms with Crippen LogP contribution in [0.1, 0.15) is 0 Å². The third-order valence-corrected chi connectivity index (χ3v) is 8.71. The third-order valence-electron chi connectivity index (χ3n) is 8.71. The first-order valence-corrected chi connectivity index (χ1v) is 15.7. The molecule has 0 aliphatic heterocycles. The van der Waals surface area contributed by atoms with E-state index in [0.29, 0.717) is 5.89 Å². The molecule has 2 aromatic heterocycles. The first-order chi connectivity index (χ1) is 23.3. The van der Waals surface area contributed by atoms with E-state index in [9.17, 15) is 0 Å². The minimum Gasteiger partial charge on any atom is -0.455 e. The van der Waals surface area contributed by atoms with Gasteiger partial charge < -0.3 is 13.7 Å². The predicted molar refractivity (Wildman–Crippen MR) is 192 cm³/mol. The highest BCUT2D eigenvalue weighted by molar-refractivity contribution is 6.16. The fraction of sp³-hybridized carbons (Fsp3) is 0. The van der Waals surface area contributed by atoms with E-state index in [1.54, 1.807) is 0 Å². The number of rotatable bonds is 6. The number of nitrogens with zero attached hydrogens (tertiary/aromatic N) is 2. The van der Waals surface area contributed by atoms with Gasteiger partial charge in [0.15, 0.2) is 5.58 Å². The molecule has 222 valence electrons. The first kappa shape index (κ1) is 27.0. The molecule has 0 radical (unpaired) electrons. The van der Waals surface area contributed by atoms with Crippen molar-refractivity contribution < 1.29 is 8.83 Å². The van der Waals surface area contributed by atoms with E-state index in [1.807, 2.05) is 60.7 Å². The number of para-hydroxylation sites is 2. The van der Waals surface area contributed by atoms with E-state index in [1.165, 1.54) is 11.1 Å². The Morgan fingerprint density at radius 3 is 1.62 bits per heavy atom. The van der Waals surface area contributed by atoms with Crippen molar-refractivity contribution in [2.45, 2.75) is 0 Å². The molecule has 0 saturated carbocycles. The number of furan rings is 1. The Bertz CT molecular complexity index is 2480. The lowest BCUT2D eigenvalue weighted by Gasteiger charge is -2.26. The molecule has 0 spiro atoms. The van der Waals surface area contributed by atoms with Crippen molar-refractivity contribution in [1.82, 2.24) is 4.98 Å². The number of fused-ring (bicyclic) bond motifs is 4. The van der Waals surface area contributed by atoms with Gasteiger partial charge in [0, 0.05) is 33.4 Å². The molecule has 9 aromatic rings. The Morgan fingerprint density at radius 2 is 0.936 bits per heavy atom. The molecule has 0 atom stereocenters. The standard InChI is InChI=1S/C43H28N2O2/c1-4-12-29(13-5-1)30-20-24-34(25-21-30)45(33-16-8-3-9-17-33)35-26-22-31(23-27-35)40-41-39(47-43(44-41)32-14-6-2-7-15-32)28-37-36-18-10-11-19-38(36)46-42(37)40/h1-28H. The van der Waals surface area contributed by atoms with Crippen LogP contribution in [-0.4, -0.2) is 4.98 Å². The third kappa shape index (κ3) is 4.75. The molecule has 0 aliphatic rings. The van der Waals surface area contributed by atoms with E-state index in [-0.39, 0.29) is 0 Å². The Hall–Kier alpha value is -6.39. The summed E-state index contributed by atoms with van der Waals surface area (Å²) in [4.78, 5) is 7.31. The van der Waals surface area contributed by atoms with Gasteiger partial charge in [0.05, 0.1) is 5.56 Å². The van der Waals surface area contributed by atoms with Gasteiger partial charge in [-0.3, -0.25) is 0 Å². The van der Waals surface area contributed by atoms with Crippen LogP contribution in [0.4, 0.5) is 17.1 Å². The van der Waals surface area contributed by atoms with Crippen molar-refractivity contribution in [3.63, 3.8) is 0 Å². The van der Waals surface area contributed by atoms with Gasteiger partial charge in [0.25, 0.3) is 0 Å². The molecule has 0 saturated heterocycles. The van der Waals surface area contributed by atoms with Crippen LogP contribution >= 0.6 is 0 Å². The molecule has 4 nitrogen and oxygen atoms in total. The summed E-state index contributed by atoms with van der Waals surface area (Å²) in [7, 11) is 0. The molecule has 0 N–H and O–H groups in total. The van der Waals surface area contributed by atoms with E-state index in [2.05, 4.69) is 114 Å². The summed E-state index contributed by atoms with van der Waals surface area (Å²) in [6, 6.07) is 58.5. The number of benzene rings is 7. The monoisotopic (exact) mass is 604 g/mol. The van der Waals surface area contributed by atoms with Gasteiger partial charge in [-0.2, -0.15) is 0 Å². The highest BCUT2D eigenvalue weighted by Crippen LogP contribution is 2.43. The van der Waals surface area contributed by atoms with Crippen LogP contribution in [-0.2, 0) is 0 Å². The summed E-state index contributed by atoms with van der Waals surface area (Å²) in [5.41, 5.74) is 11.6. The van der Waals surface area contributed by atoms with Crippen LogP contribution in [0.5, 0.6) is 0 Å². The lowest BCUT2D eigenvalue weighted by Crippen LogP contribution is -2.09. The van der Waals surface area contributed by atoms with Gasteiger partial charge in [-0.05, 0) is 77.4 Å². The minimum atomic E-state index is 0.588. The number of hydrogen-bond acceptors (Lipinski definition) is 4. The summed E-state index contributed by atoms with van der Waals surface area (Å²) in [6.07, 6.45) is 0. The Kier molecular flexibility index (Phi) is 6.43. The summed E-state index contributed by atoms with van der Waals surface area (Å²) in [5.74, 6) is 0.588. The zero-order valence-corrected chi connectivity index (χ0v) is 25.4. The first-order valence-electron chi connectivity index (χ1n) is 15.7. The van der Waals surface area contributed by atoms with Crippen LogP contribution in [0.15, 0.2) is 179 Å².